The normalized spacial score (nSPS) is 24.5. The number of nitrogens with one attached hydrogen (secondary N) is 2. The molecule has 2 saturated heterocycles. The number of ether oxygens (including phenoxy) is 1. The molecule has 0 radical (unpaired) electrons. The third kappa shape index (κ3) is 3.30. The molecular weight excluding hydrogens is 380 g/mol. The number of hydrogen-bond acceptors (Lipinski definition) is 5. The zero-order valence-corrected chi connectivity index (χ0v) is 17.5. The molecule has 2 fully saturated rings. The van der Waals surface area contributed by atoms with E-state index in [0.29, 0.717) is 5.92 Å². The smallest absolute Gasteiger partial charge is 0.248 e. The van der Waals surface area contributed by atoms with Crippen molar-refractivity contribution in [3.05, 3.63) is 47.7 Å². The molecule has 2 aliphatic rings. The number of piperidine rings is 1. The highest BCUT2D eigenvalue weighted by Crippen LogP contribution is 2.44. The maximum Gasteiger partial charge on any atom is 0.248 e. The fourth-order valence-electron chi connectivity index (χ4n) is 5.24. The van der Waals surface area contributed by atoms with Gasteiger partial charge in [-0.15, -0.1) is 0 Å². The lowest BCUT2D eigenvalue weighted by Crippen LogP contribution is -2.52. The van der Waals surface area contributed by atoms with Crippen LogP contribution in [0, 0.1) is 12.8 Å². The molecule has 2 N–H and O–H groups in total. The summed E-state index contributed by atoms with van der Waals surface area (Å²) in [6, 6.07) is 8.71. The van der Waals surface area contributed by atoms with Crippen molar-refractivity contribution in [2.45, 2.75) is 25.3 Å². The third-order valence-corrected chi connectivity index (χ3v) is 6.72. The predicted molar refractivity (Wildman–Crippen MR) is 113 cm³/mol. The first kappa shape index (κ1) is 19.3. The van der Waals surface area contributed by atoms with Gasteiger partial charge in [0.2, 0.25) is 5.91 Å². The molecule has 5 rings (SSSR count). The van der Waals surface area contributed by atoms with E-state index in [1.807, 2.05) is 18.0 Å². The number of aromatic nitrogens is 4. The number of aryl methyl sites for hydroxylation is 1. The maximum atomic E-state index is 12.5. The molecule has 0 bridgehead atoms. The number of carbonyl (C=O) groups excluding carboxylic acids is 1. The highest BCUT2D eigenvalue weighted by atomic mass is 16.5. The topological polar surface area (TPSA) is 90.1 Å². The van der Waals surface area contributed by atoms with Gasteiger partial charge in [-0.05, 0) is 42.5 Å². The minimum absolute atomic E-state index is 0.0635. The monoisotopic (exact) mass is 408 g/mol. The van der Waals surface area contributed by atoms with Crippen LogP contribution in [0.2, 0.25) is 0 Å². The lowest BCUT2D eigenvalue weighted by molar-refractivity contribution is -0.137. The highest BCUT2D eigenvalue weighted by molar-refractivity contribution is 5.80. The van der Waals surface area contributed by atoms with E-state index in [2.05, 4.69) is 44.3 Å². The van der Waals surface area contributed by atoms with Crippen molar-refractivity contribution in [3.63, 3.8) is 0 Å². The van der Waals surface area contributed by atoms with Gasteiger partial charge in [0.05, 0.1) is 5.41 Å². The number of benzene rings is 1. The van der Waals surface area contributed by atoms with E-state index in [0.717, 1.165) is 56.3 Å². The number of nitrogens with zero attached hydrogens (tertiary/aromatic N) is 4. The van der Waals surface area contributed by atoms with Crippen molar-refractivity contribution in [2.24, 2.45) is 5.92 Å². The van der Waals surface area contributed by atoms with Crippen LogP contribution < -0.4 is 0 Å². The van der Waals surface area contributed by atoms with Gasteiger partial charge in [0, 0.05) is 57.5 Å². The van der Waals surface area contributed by atoms with Gasteiger partial charge in [0.1, 0.15) is 12.4 Å². The first-order valence-electron chi connectivity index (χ1n) is 10.5. The molecule has 2 aromatic heterocycles. The second kappa shape index (κ2) is 7.52. The van der Waals surface area contributed by atoms with Crippen LogP contribution in [0.4, 0.5) is 0 Å². The average Bonchev–Trinajstić information content (AvgIpc) is 3.45. The Morgan fingerprint density at radius 1 is 1.33 bits per heavy atom. The summed E-state index contributed by atoms with van der Waals surface area (Å²) in [7, 11) is 1.57. The largest absolute Gasteiger partial charge is 0.375 e. The number of amides is 1. The molecule has 1 aromatic carbocycles. The van der Waals surface area contributed by atoms with Crippen LogP contribution >= 0.6 is 0 Å². The van der Waals surface area contributed by atoms with Gasteiger partial charge in [-0.3, -0.25) is 14.8 Å². The molecule has 8 nitrogen and oxygen atoms in total. The van der Waals surface area contributed by atoms with Crippen molar-refractivity contribution in [1.29, 1.82) is 0 Å². The van der Waals surface area contributed by atoms with Gasteiger partial charge >= 0.3 is 0 Å². The van der Waals surface area contributed by atoms with E-state index >= 15 is 0 Å². The predicted octanol–water partition coefficient (Wildman–Crippen LogP) is 1.84. The molecular formula is C22H28N6O2. The van der Waals surface area contributed by atoms with E-state index in [1.165, 1.54) is 10.9 Å². The Hall–Kier alpha value is -2.71. The van der Waals surface area contributed by atoms with E-state index < -0.39 is 0 Å². The number of hydrogen-bond donors (Lipinski definition) is 2. The van der Waals surface area contributed by atoms with Crippen molar-refractivity contribution in [2.75, 3.05) is 39.9 Å². The van der Waals surface area contributed by atoms with Gasteiger partial charge in [-0.2, -0.15) is 5.10 Å². The van der Waals surface area contributed by atoms with Crippen LogP contribution in [-0.2, 0) is 21.5 Å². The van der Waals surface area contributed by atoms with Crippen molar-refractivity contribution in [1.82, 2.24) is 30.0 Å². The third-order valence-electron chi connectivity index (χ3n) is 6.72. The number of likely N-dealkylation sites (tertiary alicyclic amines) is 2. The van der Waals surface area contributed by atoms with Gasteiger partial charge in [-0.1, -0.05) is 6.07 Å². The lowest BCUT2D eigenvalue weighted by atomic mass is 9.72. The fraction of sp³-hybridized carbons (Fsp3) is 0.500. The minimum atomic E-state index is -0.118. The number of fused-ring (bicyclic) bond motifs is 2. The molecule has 1 amide bonds. The summed E-state index contributed by atoms with van der Waals surface area (Å²) >= 11 is 0. The Balaban J connectivity index is 1.40. The van der Waals surface area contributed by atoms with Crippen LogP contribution in [0.3, 0.4) is 0 Å². The van der Waals surface area contributed by atoms with Crippen molar-refractivity contribution >= 4 is 16.8 Å². The van der Waals surface area contributed by atoms with Crippen LogP contribution in [0.25, 0.3) is 10.9 Å². The first-order chi connectivity index (χ1) is 14.6. The number of carbonyl (C=O) groups is 1. The van der Waals surface area contributed by atoms with E-state index in [9.17, 15) is 4.79 Å². The van der Waals surface area contributed by atoms with E-state index in [4.69, 9.17) is 9.72 Å². The zero-order valence-electron chi connectivity index (χ0n) is 17.5. The minimum Gasteiger partial charge on any atom is -0.375 e. The number of rotatable bonds is 5. The summed E-state index contributed by atoms with van der Waals surface area (Å²) < 4.78 is 5.08. The number of methoxy groups -OCH3 is 1. The molecule has 0 unspecified atom stereocenters. The molecule has 2 atom stereocenters. The Labute approximate surface area is 175 Å². The summed E-state index contributed by atoms with van der Waals surface area (Å²) in [6.45, 7) is 6.24. The first-order valence-corrected chi connectivity index (χ1v) is 10.5. The molecule has 3 aromatic rings. The summed E-state index contributed by atoms with van der Waals surface area (Å²) in [5.74, 6) is 2.10. The lowest BCUT2D eigenvalue weighted by Gasteiger charge is -2.41. The summed E-state index contributed by atoms with van der Waals surface area (Å²) in [4.78, 5) is 24.9. The van der Waals surface area contributed by atoms with E-state index in [1.54, 1.807) is 7.11 Å². The summed E-state index contributed by atoms with van der Waals surface area (Å²) in [5.41, 5.74) is 2.34. The molecule has 30 heavy (non-hydrogen) atoms. The van der Waals surface area contributed by atoms with Gasteiger partial charge < -0.3 is 14.6 Å². The molecule has 0 spiro atoms. The van der Waals surface area contributed by atoms with Crippen molar-refractivity contribution < 1.29 is 9.53 Å². The molecule has 2 aliphatic heterocycles. The zero-order chi connectivity index (χ0) is 20.7. The average molecular weight is 409 g/mol. The van der Waals surface area contributed by atoms with Crippen LogP contribution in [0.1, 0.15) is 23.6 Å². The second-order valence-corrected chi connectivity index (χ2v) is 8.69. The Morgan fingerprint density at radius 3 is 3.03 bits per heavy atom. The standard InChI is InChI=1S/C22H28N6O2/c1-15-24-21(26-25-15)22-6-8-28(20(29)13-30-2)12-18(22)11-27(14-22)10-16-3-4-19-17(9-16)5-7-23-19/h3-5,7,9,18,23H,6,8,10-14H2,1-2H3,(H,24,25,26)/t18-,22+/m0/s1. The second-order valence-electron chi connectivity index (χ2n) is 8.69. The molecule has 4 heterocycles. The summed E-state index contributed by atoms with van der Waals surface area (Å²) in [5, 5.41) is 8.82. The Kier molecular flexibility index (Phi) is 4.83. The van der Waals surface area contributed by atoms with Crippen LogP contribution in [0.5, 0.6) is 0 Å². The number of H-pyrrole nitrogens is 2. The number of aromatic amines is 2. The highest BCUT2D eigenvalue weighted by Gasteiger charge is 2.53. The quantitative estimate of drug-likeness (QED) is 0.672. The van der Waals surface area contributed by atoms with E-state index in [-0.39, 0.29) is 17.9 Å². The van der Waals surface area contributed by atoms with Crippen LogP contribution in [0.15, 0.2) is 30.5 Å². The Bertz CT molecular complexity index is 1060. The SMILES string of the molecule is COCC(=O)N1CC[C@@]2(c3n[nH]c(C)n3)CN(Cc3ccc4[nH]ccc4c3)C[C@H]2C1. The molecule has 158 valence electrons. The van der Waals surface area contributed by atoms with Crippen molar-refractivity contribution in [3.8, 4) is 0 Å². The van der Waals surface area contributed by atoms with Crippen LogP contribution in [-0.4, -0.2) is 75.8 Å². The Morgan fingerprint density at radius 2 is 2.23 bits per heavy atom. The fourth-order valence-corrected chi connectivity index (χ4v) is 5.24. The van der Waals surface area contributed by atoms with Gasteiger partial charge in [-0.25, -0.2) is 4.98 Å². The summed E-state index contributed by atoms with van der Waals surface area (Å²) in [6.07, 6.45) is 2.85. The maximum absolute atomic E-state index is 12.5. The van der Waals surface area contributed by atoms with Gasteiger partial charge in [0.25, 0.3) is 0 Å². The molecule has 8 heteroatoms. The molecule has 0 aliphatic carbocycles. The molecule has 0 saturated carbocycles. The van der Waals surface area contributed by atoms with Gasteiger partial charge in [0.15, 0.2) is 5.82 Å².